The van der Waals surface area contributed by atoms with E-state index in [1.54, 1.807) is 0 Å². The van der Waals surface area contributed by atoms with Crippen LogP contribution in [0.15, 0.2) is 237 Å². The van der Waals surface area contributed by atoms with E-state index in [0.717, 1.165) is 50.8 Å². The number of ether oxygens (including phenoxy) is 1. The second-order valence-electron chi connectivity index (χ2n) is 20.7. The van der Waals surface area contributed by atoms with E-state index in [1.165, 1.54) is 98.1 Å². The summed E-state index contributed by atoms with van der Waals surface area (Å²) in [5.74, 6) is 1.70. The van der Waals surface area contributed by atoms with Crippen molar-refractivity contribution in [2.24, 2.45) is 0 Å². The van der Waals surface area contributed by atoms with Crippen molar-refractivity contribution in [3.63, 3.8) is 0 Å². The van der Waals surface area contributed by atoms with Crippen molar-refractivity contribution in [3.8, 4) is 78.3 Å². The first-order valence-electron chi connectivity index (χ1n) is 25.4. The van der Waals surface area contributed by atoms with Crippen LogP contribution in [0.1, 0.15) is 47.2 Å². The molecule has 0 N–H and O–H groups in total. The van der Waals surface area contributed by atoms with Crippen LogP contribution in [0, 0.1) is 0 Å². The van der Waals surface area contributed by atoms with Gasteiger partial charge in [0.25, 0.3) is 0 Å². The predicted molar refractivity (Wildman–Crippen MR) is 304 cm³/mol. The molecule has 1 unspecified atom stereocenters. The van der Waals surface area contributed by atoms with Gasteiger partial charge in [0, 0.05) is 53.8 Å². The molecule has 0 amide bonds. The molecule has 1 atom stereocenters. The second-order valence-corrected chi connectivity index (χ2v) is 21.8. The number of anilines is 3. The predicted octanol–water partition coefficient (Wildman–Crippen LogP) is 19.3. The zero-order chi connectivity index (χ0) is 48.2. The summed E-state index contributed by atoms with van der Waals surface area (Å²) in [4.78, 5) is 2.51. The van der Waals surface area contributed by atoms with Crippen LogP contribution in [0.5, 0.6) is 11.5 Å². The van der Waals surface area contributed by atoms with E-state index in [4.69, 9.17) is 4.74 Å². The maximum Gasteiger partial charge on any atom is 0.135 e. The Bertz CT molecular complexity index is 4360. The first-order valence-corrected chi connectivity index (χ1v) is 26.2. The number of rotatable bonds is 3. The van der Waals surface area contributed by atoms with Crippen LogP contribution in [0.4, 0.5) is 17.1 Å². The van der Waals surface area contributed by atoms with Gasteiger partial charge in [0.05, 0.1) is 5.41 Å². The Hall–Kier alpha value is -8.76. The number of fused-ring (bicyclic) bond motifs is 23. The Balaban J connectivity index is 1.01. The number of benzene rings is 11. The van der Waals surface area contributed by atoms with Crippen molar-refractivity contribution in [3.05, 3.63) is 270 Å². The van der Waals surface area contributed by atoms with Crippen LogP contribution in [0.2, 0.25) is 0 Å². The van der Waals surface area contributed by atoms with E-state index in [-0.39, 0.29) is 5.41 Å². The monoisotopic (exact) mass is 947 g/mol. The van der Waals surface area contributed by atoms with Gasteiger partial charge < -0.3 is 9.64 Å². The third-order valence-corrected chi connectivity index (χ3v) is 17.8. The number of hydrogen-bond acceptors (Lipinski definition) is 3. The molecule has 0 saturated heterocycles. The average molecular weight is 948 g/mol. The number of nitrogens with zero attached hydrogens (tertiary/aromatic N) is 1. The molecule has 1 aliphatic heterocycles. The van der Waals surface area contributed by atoms with Crippen LogP contribution in [0.25, 0.3) is 86.9 Å². The fraction of sp³-hybridized carbons (Fsp3) is 0.0571. The number of thiophene rings is 1. The van der Waals surface area contributed by atoms with Crippen LogP contribution < -0.4 is 9.64 Å². The van der Waals surface area contributed by atoms with Crippen molar-refractivity contribution in [2.75, 3.05) is 4.90 Å². The minimum Gasteiger partial charge on any atom is -0.456 e. The lowest BCUT2D eigenvalue weighted by Gasteiger charge is -2.36. The van der Waals surface area contributed by atoms with Crippen LogP contribution in [-0.4, -0.2) is 0 Å². The average Bonchev–Trinajstić information content (AvgIpc) is 3.96. The highest BCUT2D eigenvalue weighted by molar-refractivity contribution is 7.25. The Morgan fingerprint density at radius 3 is 1.45 bits per heavy atom. The van der Waals surface area contributed by atoms with Crippen LogP contribution in [0.3, 0.4) is 0 Å². The van der Waals surface area contributed by atoms with Gasteiger partial charge in [-0.1, -0.05) is 184 Å². The van der Waals surface area contributed by atoms with Crippen LogP contribution >= 0.6 is 11.3 Å². The molecule has 2 heterocycles. The van der Waals surface area contributed by atoms with E-state index in [2.05, 4.69) is 255 Å². The van der Waals surface area contributed by atoms with Gasteiger partial charge in [-0.15, -0.1) is 11.3 Å². The molecular weight excluding hydrogens is 903 g/mol. The molecule has 342 valence electrons. The molecular formula is C70H45NOS. The summed E-state index contributed by atoms with van der Waals surface area (Å²) in [6.07, 6.45) is 0. The molecule has 73 heavy (non-hydrogen) atoms. The summed E-state index contributed by atoms with van der Waals surface area (Å²) < 4.78 is 9.50. The molecule has 0 saturated carbocycles. The van der Waals surface area contributed by atoms with Crippen LogP contribution in [-0.2, 0) is 10.8 Å². The Kier molecular flexibility index (Phi) is 8.35. The van der Waals surface area contributed by atoms with E-state index >= 15 is 0 Å². The SMILES string of the molecule is CC1(C)c2ccccc2-c2ccc(N(c3ccc4c(c3)-c3ccccc3-c3ccccc3O4)c3ccc4c(c3)C3(c5ccccc5-c5ccccc5-4)c4ccccc4-c4cc5sc6ccccc6c5cc43)cc21. The number of para-hydroxylation sites is 1. The van der Waals surface area contributed by atoms with Crippen molar-refractivity contribution in [1.29, 1.82) is 0 Å². The van der Waals surface area contributed by atoms with Crippen molar-refractivity contribution in [1.82, 2.24) is 0 Å². The standard InChI is InChI=1S/C70H45NOS/c1-69(2)59-26-12-7-22-50(59)53-35-32-43(38-62(53)69)71(42-33-36-66-57(37-42)48-20-6-5-19-47(48)54-24-10-15-29-65(54)72-66)44-31-34-52-46-18-4-3-17-45(46)49-21-8-13-27-60(49)70(63(52)39-44)61-28-14-9-23-51(61)56-41-68-58(40-64(56)70)55-25-11-16-30-67(55)73-68/h3-41H,1-2H3. The first kappa shape index (κ1) is 40.9. The van der Waals surface area contributed by atoms with Gasteiger partial charge in [0.2, 0.25) is 0 Å². The molecule has 3 heteroatoms. The quantitative estimate of drug-likeness (QED) is 0.175. The Morgan fingerprint density at radius 1 is 0.301 bits per heavy atom. The lowest BCUT2D eigenvalue weighted by atomic mass is 9.65. The lowest BCUT2D eigenvalue weighted by molar-refractivity contribution is 0.488. The van der Waals surface area contributed by atoms with E-state index in [0.29, 0.717) is 0 Å². The molecule has 3 aliphatic carbocycles. The summed E-state index contributed by atoms with van der Waals surface area (Å²) in [5.41, 5.74) is 24.9. The van der Waals surface area contributed by atoms with Gasteiger partial charge in [-0.25, -0.2) is 0 Å². The van der Waals surface area contributed by atoms with Gasteiger partial charge in [0.1, 0.15) is 11.5 Å². The van der Waals surface area contributed by atoms with Gasteiger partial charge in [0.15, 0.2) is 0 Å². The van der Waals surface area contributed by atoms with Crippen molar-refractivity contribution >= 4 is 48.6 Å². The zero-order valence-corrected chi connectivity index (χ0v) is 41.1. The Morgan fingerprint density at radius 2 is 0.753 bits per heavy atom. The van der Waals surface area contributed by atoms with E-state index < -0.39 is 5.41 Å². The molecule has 16 rings (SSSR count). The minimum atomic E-state index is -0.677. The normalized spacial score (nSPS) is 15.5. The summed E-state index contributed by atoms with van der Waals surface area (Å²) in [6, 6.07) is 88.9. The fourth-order valence-electron chi connectivity index (χ4n) is 13.5. The molecule has 1 spiro atoms. The topological polar surface area (TPSA) is 12.5 Å². The maximum absolute atomic E-state index is 6.87. The van der Waals surface area contributed by atoms with Crippen molar-refractivity contribution in [2.45, 2.75) is 24.7 Å². The Labute approximate surface area is 428 Å². The zero-order valence-electron chi connectivity index (χ0n) is 40.3. The van der Waals surface area contributed by atoms with Gasteiger partial charge in [-0.3, -0.25) is 0 Å². The van der Waals surface area contributed by atoms with Gasteiger partial charge in [-0.05, 0) is 156 Å². The summed E-state index contributed by atoms with van der Waals surface area (Å²) >= 11 is 1.90. The minimum absolute atomic E-state index is 0.195. The number of hydrogen-bond donors (Lipinski definition) is 0. The van der Waals surface area contributed by atoms with Gasteiger partial charge in [-0.2, -0.15) is 0 Å². The summed E-state index contributed by atoms with van der Waals surface area (Å²) in [6.45, 7) is 4.76. The molecule has 0 fully saturated rings. The molecule has 2 nitrogen and oxygen atoms in total. The van der Waals surface area contributed by atoms with Gasteiger partial charge >= 0.3 is 0 Å². The highest BCUT2D eigenvalue weighted by Gasteiger charge is 2.50. The molecule has 0 radical (unpaired) electrons. The largest absolute Gasteiger partial charge is 0.456 e. The maximum atomic E-state index is 6.87. The molecule has 1 aromatic heterocycles. The van der Waals surface area contributed by atoms with E-state index in [1.807, 2.05) is 11.3 Å². The molecule has 11 aromatic carbocycles. The molecule has 0 bridgehead atoms. The third kappa shape index (κ3) is 5.52. The second kappa shape index (κ2) is 14.9. The van der Waals surface area contributed by atoms with E-state index in [9.17, 15) is 0 Å². The first-order chi connectivity index (χ1) is 35.9. The molecule has 4 aliphatic rings. The smallest absolute Gasteiger partial charge is 0.135 e. The highest BCUT2D eigenvalue weighted by atomic mass is 32.1. The molecule has 12 aromatic rings. The summed E-state index contributed by atoms with van der Waals surface area (Å²) in [7, 11) is 0. The summed E-state index contributed by atoms with van der Waals surface area (Å²) in [5, 5.41) is 2.61. The third-order valence-electron chi connectivity index (χ3n) is 16.7. The van der Waals surface area contributed by atoms with Crippen molar-refractivity contribution < 1.29 is 4.74 Å². The fourth-order valence-corrected chi connectivity index (χ4v) is 14.6. The lowest BCUT2D eigenvalue weighted by Crippen LogP contribution is -2.29. The highest BCUT2D eigenvalue weighted by Crippen LogP contribution is 2.63.